The van der Waals surface area contributed by atoms with Crippen molar-refractivity contribution >= 4 is 27.6 Å². The molecule has 5 aromatic carbocycles. The molecule has 0 amide bonds. The molecule has 0 saturated carbocycles. The maximum absolute atomic E-state index is 5.03. The fourth-order valence-electron chi connectivity index (χ4n) is 6.99. The van der Waals surface area contributed by atoms with Crippen LogP contribution in [0, 0.1) is 0 Å². The highest BCUT2D eigenvalue weighted by Crippen LogP contribution is 2.42. The number of allylic oxidation sites excluding steroid dienone is 1. The van der Waals surface area contributed by atoms with E-state index in [1.807, 2.05) is 30.3 Å². The summed E-state index contributed by atoms with van der Waals surface area (Å²) in [5.74, 6) is 1.80. The number of hydrogen-bond donors (Lipinski definition) is 0. The third kappa shape index (κ3) is 4.84. The van der Waals surface area contributed by atoms with Gasteiger partial charge in [-0.2, -0.15) is 0 Å². The van der Waals surface area contributed by atoms with E-state index in [0.29, 0.717) is 17.5 Å². The molecule has 3 heterocycles. The Balaban J connectivity index is 1.24. The van der Waals surface area contributed by atoms with Gasteiger partial charge in [0.2, 0.25) is 0 Å². The van der Waals surface area contributed by atoms with Gasteiger partial charge in [-0.1, -0.05) is 97.1 Å². The molecular formula is C43H29N5. The quantitative estimate of drug-likeness (QED) is 0.180. The zero-order valence-electron chi connectivity index (χ0n) is 26.1. The molecule has 3 aromatic heterocycles. The smallest absolute Gasteiger partial charge is 0.164 e. The molecule has 0 saturated heterocycles. The predicted molar refractivity (Wildman–Crippen MR) is 195 cm³/mol. The summed E-state index contributed by atoms with van der Waals surface area (Å²) in [4.78, 5) is 23.3. The zero-order chi connectivity index (χ0) is 31.9. The minimum atomic E-state index is 0.594. The first-order valence-electron chi connectivity index (χ1n) is 16.2. The van der Waals surface area contributed by atoms with Crippen LogP contribution >= 0.6 is 0 Å². The van der Waals surface area contributed by atoms with Crippen molar-refractivity contribution in [2.24, 2.45) is 0 Å². The third-order valence-electron chi connectivity index (χ3n) is 9.23. The van der Waals surface area contributed by atoms with E-state index in [9.17, 15) is 0 Å². The maximum atomic E-state index is 5.03. The number of nitrogens with zero attached hydrogens (tertiary/aromatic N) is 5. The van der Waals surface area contributed by atoms with Gasteiger partial charge in [0.1, 0.15) is 0 Å². The first kappa shape index (κ1) is 27.9. The number of rotatable bonds is 5. The molecule has 0 bridgehead atoms. The van der Waals surface area contributed by atoms with E-state index in [1.54, 1.807) is 24.8 Å². The molecule has 1 aliphatic carbocycles. The molecule has 5 heteroatoms. The fourth-order valence-corrected chi connectivity index (χ4v) is 6.99. The molecule has 0 spiro atoms. The van der Waals surface area contributed by atoms with E-state index >= 15 is 0 Å². The van der Waals surface area contributed by atoms with Gasteiger partial charge in [0.25, 0.3) is 0 Å². The monoisotopic (exact) mass is 615 g/mol. The summed E-state index contributed by atoms with van der Waals surface area (Å²) in [6.45, 7) is 0. The molecule has 8 aromatic rings. The Morgan fingerprint density at radius 3 is 1.67 bits per heavy atom. The van der Waals surface area contributed by atoms with Gasteiger partial charge >= 0.3 is 0 Å². The first-order valence-corrected chi connectivity index (χ1v) is 16.2. The van der Waals surface area contributed by atoms with Gasteiger partial charge in [0.05, 0.1) is 0 Å². The van der Waals surface area contributed by atoms with Crippen molar-refractivity contribution in [3.05, 3.63) is 157 Å². The highest BCUT2D eigenvalue weighted by Gasteiger charge is 2.19. The SMILES string of the molecule is C1=Cc2c(c3ccc(-c4ccccc4-c4ccccc4-c4nc(-c5ccncc5)nc(-c5ccncc5)n4)cc3c3ccccc23)CC1. The van der Waals surface area contributed by atoms with Gasteiger partial charge in [-0.05, 0) is 98.1 Å². The Morgan fingerprint density at radius 2 is 0.979 bits per heavy atom. The van der Waals surface area contributed by atoms with Crippen molar-refractivity contribution < 1.29 is 0 Å². The van der Waals surface area contributed by atoms with Crippen LogP contribution in [0.1, 0.15) is 17.5 Å². The average molecular weight is 616 g/mol. The van der Waals surface area contributed by atoms with Crippen LogP contribution < -0.4 is 0 Å². The Morgan fingerprint density at radius 1 is 0.417 bits per heavy atom. The van der Waals surface area contributed by atoms with Crippen molar-refractivity contribution in [1.29, 1.82) is 0 Å². The Hall–Kier alpha value is -6.33. The number of hydrogen-bond acceptors (Lipinski definition) is 5. The maximum Gasteiger partial charge on any atom is 0.164 e. The van der Waals surface area contributed by atoms with Crippen molar-refractivity contribution in [2.75, 3.05) is 0 Å². The van der Waals surface area contributed by atoms with Gasteiger partial charge in [0, 0.05) is 41.5 Å². The van der Waals surface area contributed by atoms with Crippen molar-refractivity contribution in [1.82, 2.24) is 24.9 Å². The Labute approximate surface area is 278 Å². The molecule has 48 heavy (non-hydrogen) atoms. The zero-order valence-corrected chi connectivity index (χ0v) is 26.1. The number of aryl methyl sites for hydroxylation is 1. The molecule has 0 N–H and O–H groups in total. The van der Waals surface area contributed by atoms with Gasteiger partial charge in [-0.3, -0.25) is 9.97 Å². The van der Waals surface area contributed by atoms with Crippen molar-refractivity contribution in [3.8, 4) is 56.4 Å². The first-order chi connectivity index (χ1) is 23.8. The summed E-state index contributed by atoms with van der Waals surface area (Å²) >= 11 is 0. The summed E-state index contributed by atoms with van der Waals surface area (Å²) in [5, 5.41) is 5.24. The molecule has 1 aliphatic rings. The molecule has 0 atom stereocenters. The standard InChI is InChI=1S/C43H29N5/c1-2-10-32(31(9-1)30-17-18-38-35-13-4-3-11-33(35)34-12-5-6-15-37(34)40(38)27-30)36-14-7-8-16-39(36)43-47-41(28-19-23-44-24-20-28)46-42(48-43)29-21-25-45-26-22-29/h1-3,5-12,14-27H,4,13H2. The van der Waals surface area contributed by atoms with E-state index in [2.05, 4.69) is 107 Å². The van der Waals surface area contributed by atoms with E-state index in [-0.39, 0.29) is 0 Å². The Bertz CT molecular complexity index is 2450. The molecule has 9 rings (SSSR count). The van der Waals surface area contributed by atoms with E-state index in [4.69, 9.17) is 15.0 Å². The van der Waals surface area contributed by atoms with Crippen LogP contribution in [0.4, 0.5) is 0 Å². The molecule has 0 fully saturated rings. The lowest BCUT2D eigenvalue weighted by Crippen LogP contribution is -2.01. The summed E-state index contributed by atoms with van der Waals surface area (Å²) in [6.07, 6.45) is 13.8. The second kappa shape index (κ2) is 11.8. The van der Waals surface area contributed by atoms with Gasteiger partial charge < -0.3 is 0 Å². The van der Waals surface area contributed by atoms with Crippen LogP contribution in [0.3, 0.4) is 0 Å². The summed E-state index contributed by atoms with van der Waals surface area (Å²) in [5.41, 5.74) is 10.0. The van der Waals surface area contributed by atoms with Crippen LogP contribution in [0.25, 0.3) is 84.0 Å². The second-order valence-electron chi connectivity index (χ2n) is 12.0. The lowest BCUT2D eigenvalue weighted by molar-refractivity contribution is 1.00. The van der Waals surface area contributed by atoms with Crippen LogP contribution in [0.5, 0.6) is 0 Å². The number of aromatic nitrogens is 5. The summed E-state index contributed by atoms with van der Waals surface area (Å²) in [7, 11) is 0. The number of benzene rings is 5. The van der Waals surface area contributed by atoms with Gasteiger partial charge in [0.15, 0.2) is 17.5 Å². The molecule has 0 unspecified atom stereocenters. The summed E-state index contributed by atoms with van der Waals surface area (Å²) < 4.78 is 0. The minimum Gasteiger partial charge on any atom is -0.265 e. The minimum absolute atomic E-state index is 0.594. The second-order valence-corrected chi connectivity index (χ2v) is 12.0. The van der Waals surface area contributed by atoms with E-state index in [1.165, 1.54) is 38.2 Å². The molecule has 226 valence electrons. The van der Waals surface area contributed by atoms with Gasteiger partial charge in [-0.15, -0.1) is 0 Å². The number of pyridine rings is 2. The highest BCUT2D eigenvalue weighted by molar-refractivity contribution is 6.14. The Kier molecular flexibility index (Phi) is 6.86. The molecule has 5 nitrogen and oxygen atoms in total. The average Bonchev–Trinajstić information content (AvgIpc) is 3.18. The van der Waals surface area contributed by atoms with E-state index < -0.39 is 0 Å². The van der Waals surface area contributed by atoms with Crippen LogP contribution in [-0.2, 0) is 6.42 Å². The lowest BCUT2D eigenvalue weighted by atomic mass is 9.85. The van der Waals surface area contributed by atoms with Crippen molar-refractivity contribution in [2.45, 2.75) is 12.8 Å². The molecule has 0 aliphatic heterocycles. The molecule has 0 radical (unpaired) electrons. The summed E-state index contributed by atoms with van der Waals surface area (Å²) in [6, 6.07) is 40.5. The molecular weight excluding hydrogens is 587 g/mol. The third-order valence-corrected chi connectivity index (χ3v) is 9.23. The predicted octanol–water partition coefficient (Wildman–Crippen LogP) is 10.3. The highest BCUT2D eigenvalue weighted by atomic mass is 15.0. The largest absolute Gasteiger partial charge is 0.265 e. The van der Waals surface area contributed by atoms with Crippen molar-refractivity contribution in [3.63, 3.8) is 0 Å². The fraction of sp³-hybridized carbons (Fsp3) is 0.0465. The van der Waals surface area contributed by atoms with Gasteiger partial charge in [-0.25, -0.2) is 15.0 Å². The number of fused-ring (bicyclic) bond motifs is 6. The van der Waals surface area contributed by atoms with Crippen LogP contribution in [0.15, 0.2) is 146 Å². The van der Waals surface area contributed by atoms with Crippen LogP contribution in [0.2, 0.25) is 0 Å². The topological polar surface area (TPSA) is 64.5 Å². The van der Waals surface area contributed by atoms with Crippen LogP contribution in [-0.4, -0.2) is 24.9 Å². The lowest BCUT2D eigenvalue weighted by Gasteiger charge is -2.19. The van der Waals surface area contributed by atoms with E-state index in [0.717, 1.165) is 46.2 Å². The normalized spacial score (nSPS) is 12.3.